The van der Waals surface area contributed by atoms with E-state index in [1.54, 1.807) is 0 Å². The third-order valence-corrected chi connectivity index (χ3v) is 4.66. The zero-order valence-electron chi connectivity index (χ0n) is 12.3. The molecule has 1 fully saturated rings. The first-order valence-electron chi connectivity index (χ1n) is 7.54. The van der Waals surface area contributed by atoms with E-state index in [-0.39, 0.29) is 0 Å². The molecule has 1 heterocycles. The molecule has 20 heavy (non-hydrogen) atoms. The number of hydrogen-bond donors (Lipinski definition) is 2. The van der Waals surface area contributed by atoms with Crippen LogP contribution in [0, 0.1) is 11.8 Å². The minimum atomic E-state index is 0.555. The molecule has 106 valence electrons. The number of hydrogen-bond acceptors (Lipinski definition) is 3. The van der Waals surface area contributed by atoms with Crippen LogP contribution in [-0.4, -0.2) is 11.0 Å². The molecule has 2 aromatic rings. The molecule has 1 saturated carbocycles. The fourth-order valence-corrected chi connectivity index (χ4v) is 3.11. The van der Waals surface area contributed by atoms with Gasteiger partial charge in [0.05, 0.1) is 5.52 Å². The van der Waals surface area contributed by atoms with E-state index in [0.29, 0.717) is 6.04 Å². The monoisotopic (exact) mass is 269 g/mol. The van der Waals surface area contributed by atoms with Gasteiger partial charge in [0.1, 0.15) is 5.82 Å². The summed E-state index contributed by atoms with van der Waals surface area (Å²) in [5, 5.41) is 4.69. The van der Waals surface area contributed by atoms with Gasteiger partial charge in [-0.15, -0.1) is 0 Å². The van der Waals surface area contributed by atoms with Crippen molar-refractivity contribution in [2.45, 2.75) is 39.2 Å². The Bertz CT molecular complexity index is 608. The Labute approximate surface area is 120 Å². The van der Waals surface area contributed by atoms with Gasteiger partial charge in [-0.3, -0.25) is 0 Å². The van der Waals surface area contributed by atoms with Crippen molar-refractivity contribution in [3.8, 4) is 0 Å². The molecule has 0 aliphatic heterocycles. The van der Waals surface area contributed by atoms with Crippen LogP contribution >= 0.6 is 0 Å². The molecule has 0 bridgehead atoms. The highest BCUT2D eigenvalue weighted by atomic mass is 15.0. The lowest BCUT2D eigenvalue weighted by Crippen LogP contribution is -2.30. The largest absolute Gasteiger partial charge is 0.399 e. The van der Waals surface area contributed by atoms with E-state index in [4.69, 9.17) is 5.73 Å². The standard InChI is InChI=1S/C17H23N3/c1-11-3-6-15(9-12(11)2)19-17-8-4-13-10-14(18)5-7-16(13)20-17/h4-5,7-8,10-12,15H,3,6,9,18H2,1-2H3,(H,19,20). The van der Waals surface area contributed by atoms with Gasteiger partial charge in [-0.1, -0.05) is 13.8 Å². The number of pyridine rings is 1. The smallest absolute Gasteiger partial charge is 0.126 e. The average molecular weight is 269 g/mol. The molecule has 1 aliphatic carbocycles. The molecule has 0 amide bonds. The van der Waals surface area contributed by atoms with Gasteiger partial charge >= 0.3 is 0 Å². The van der Waals surface area contributed by atoms with Crippen LogP contribution in [-0.2, 0) is 0 Å². The fourth-order valence-electron chi connectivity index (χ4n) is 3.11. The van der Waals surface area contributed by atoms with Crippen LogP contribution in [0.3, 0.4) is 0 Å². The molecule has 0 radical (unpaired) electrons. The molecule has 1 aromatic heterocycles. The molecule has 0 spiro atoms. The Morgan fingerprint density at radius 2 is 1.95 bits per heavy atom. The summed E-state index contributed by atoms with van der Waals surface area (Å²) in [6, 6.07) is 10.6. The van der Waals surface area contributed by atoms with Crippen molar-refractivity contribution in [3.05, 3.63) is 30.3 Å². The molecule has 1 aliphatic rings. The summed E-state index contributed by atoms with van der Waals surface area (Å²) in [7, 11) is 0. The maximum absolute atomic E-state index is 5.80. The van der Waals surface area contributed by atoms with Gasteiger partial charge in [-0.2, -0.15) is 0 Å². The number of nitrogens with zero attached hydrogens (tertiary/aromatic N) is 1. The summed E-state index contributed by atoms with van der Waals surface area (Å²) in [6.07, 6.45) is 3.79. The molecule has 3 nitrogen and oxygen atoms in total. The van der Waals surface area contributed by atoms with Gasteiger partial charge in [0, 0.05) is 17.1 Å². The van der Waals surface area contributed by atoms with Crippen LogP contribution in [0.4, 0.5) is 11.5 Å². The molecule has 0 saturated heterocycles. The van der Waals surface area contributed by atoms with Crippen LogP contribution in [0.2, 0.25) is 0 Å². The number of rotatable bonds is 2. The fraction of sp³-hybridized carbons (Fsp3) is 0.471. The highest BCUT2D eigenvalue weighted by molar-refractivity contribution is 5.83. The second-order valence-electron chi connectivity index (χ2n) is 6.26. The minimum Gasteiger partial charge on any atom is -0.399 e. The molecule has 3 atom stereocenters. The summed E-state index contributed by atoms with van der Waals surface area (Å²) in [6.45, 7) is 4.72. The molecule has 3 N–H and O–H groups in total. The first-order chi connectivity index (χ1) is 9.61. The third-order valence-electron chi connectivity index (χ3n) is 4.66. The number of nitrogen functional groups attached to an aromatic ring is 1. The van der Waals surface area contributed by atoms with E-state index in [1.165, 1.54) is 19.3 Å². The van der Waals surface area contributed by atoms with Gasteiger partial charge in [0.15, 0.2) is 0 Å². The zero-order chi connectivity index (χ0) is 14.1. The van der Waals surface area contributed by atoms with Crippen LogP contribution in [0.5, 0.6) is 0 Å². The first kappa shape index (κ1) is 13.2. The Balaban J connectivity index is 1.76. The van der Waals surface area contributed by atoms with Crippen molar-refractivity contribution in [3.63, 3.8) is 0 Å². The van der Waals surface area contributed by atoms with Crippen LogP contribution in [0.1, 0.15) is 33.1 Å². The Kier molecular flexibility index (Phi) is 3.51. The first-order valence-corrected chi connectivity index (χ1v) is 7.54. The van der Waals surface area contributed by atoms with Crippen LogP contribution in [0.15, 0.2) is 30.3 Å². The van der Waals surface area contributed by atoms with Crippen molar-refractivity contribution >= 4 is 22.4 Å². The lowest BCUT2D eigenvalue weighted by atomic mass is 9.79. The van der Waals surface area contributed by atoms with Crippen LogP contribution in [0.25, 0.3) is 10.9 Å². The number of anilines is 2. The van der Waals surface area contributed by atoms with E-state index in [2.05, 4.69) is 36.3 Å². The lowest BCUT2D eigenvalue weighted by Gasteiger charge is -2.32. The summed E-state index contributed by atoms with van der Waals surface area (Å²) in [4.78, 5) is 4.69. The summed E-state index contributed by atoms with van der Waals surface area (Å²) in [5.41, 5.74) is 7.58. The minimum absolute atomic E-state index is 0.555. The Hall–Kier alpha value is -1.77. The van der Waals surface area contributed by atoms with E-state index in [9.17, 15) is 0 Å². The van der Waals surface area contributed by atoms with E-state index in [0.717, 1.165) is 34.2 Å². The Morgan fingerprint density at radius 1 is 1.10 bits per heavy atom. The van der Waals surface area contributed by atoms with Gasteiger partial charge < -0.3 is 11.1 Å². The van der Waals surface area contributed by atoms with Gasteiger partial charge in [-0.25, -0.2) is 4.98 Å². The highest BCUT2D eigenvalue weighted by Crippen LogP contribution is 2.31. The van der Waals surface area contributed by atoms with Crippen molar-refractivity contribution in [2.24, 2.45) is 11.8 Å². The number of fused-ring (bicyclic) bond motifs is 1. The molecular formula is C17H23N3. The molecule has 1 aromatic carbocycles. The number of benzene rings is 1. The van der Waals surface area contributed by atoms with Crippen molar-refractivity contribution in [2.75, 3.05) is 11.1 Å². The molecule has 3 rings (SSSR count). The highest BCUT2D eigenvalue weighted by Gasteiger charge is 2.24. The van der Waals surface area contributed by atoms with Crippen LogP contribution < -0.4 is 11.1 Å². The third kappa shape index (κ3) is 2.72. The number of nitrogens with one attached hydrogen (secondary N) is 1. The summed E-state index contributed by atoms with van der Waals surface area (Å²) in [5.74, 6) is 2.62. The maximum atomic E-state index is 5.80. The topological polar surface area (TPSA) is 50.9 Å². The predicted molar refractivity (Wildman–Crippen MR) is 85.7 cm³/mol. The number of aromatic nitrogens is 1. The summed E-state index contributed by atoms with van der Waals surface area (Å²) < 4.78 is 0. The lowest BCUT2D eigenvalue weighted by molar-refractivity contribution is 0.260. The van der Waals surface area contributed by atoms with Gasteiger partial charge in [0.2, 0.25) is 0 Å². The summed E-state index contributed by atoms with van der Waals surface area (Å²) >= 11 is 0. The second kappa shape index (κ2) is 5.31. The maximum Gasteiger partial charge on any atom is 0.126 e. The van der Waals surface area contributed by atoms with Gasteiger partial charge in [0.25, 0.3) is 0 Å². The molecule has 3 unspecified atom stereocenters. The normalized spacial score (nSPS) is 26.6. The average Bonchev–Trinajstić information content (AvgIpc) is 2.43. The SMILES string of the molecule is CC1CCC(Nc2ccc3cc(N)ccc3n2)CC1C. The second-order valence-corrected chi connectivity index (χ2v) is 6.26. The quantitative estimate of drug-likeness (QED) is 0.808. The molecule has 3 heteroatoms. The molecular weight excluding hydrogens is 246 g/mol. The van der Waals surface area contributed by atoms with Crippen molar-refractivity contribution in [1.29, 1.82) is 0 Å². The van der Waals surface area contributed by atoms with E-state index >= 15 is 0 Å². The van der Waals surface area contributed by atoms with Gasteiger partial charge in [-0.05, 0) is 61.4 Å². The van der Waals surface area contributed by atoms with Crippen molar-refractivity contribution in [1.82, 2.24) is 4.98 Å². The Morgan fingerprint density at radius 3 is 2.75 bits per heavy atom. The predicted octanol–water partition coefficient (Wildman–Crippen LogP) is 4.05. The van der Waals surface area contributed by atoms with E-state index in [1.807, 2.05) is 18.2 Å². The van der Waals surface area contributed by atoms with Crippen molar-refractivity contribution < 1.29 is 0 Å². The van der Waals surface area contributed by atoms with E-state index < -0.39 is 0 Å². The number of nitrogens with two attached hydrogens (primary N) is 1. The zero-order valence-corrected chi connectivity index (χ0v) is 12.3.